The van der Waals surface area contributed by atoms with Gasteiger partial charge in [0.15, 0.2) is 0 Å². The van der Waals surface area contributed by atoms with Crippen LogP contribution in [0.1, 0.15) is 31.2 Å². The molecule has 0 radical (unpaired) electrons. The van der Waals surface area contributed by atoms with Crippen molar-refractivity contribution in [1.82, 2.24) is 5.32 Å². The molecule has 3 aromatic rings. The number of amides is 2. The minimum Gasteiger partial charge on any atom is -0.347 e. The summed E-state index contributed by atoms with van der Waals surface area (Å²) in [5, 5.41) is 7.74. The minimum absolute atomic E-state index is 0.131. The second kappa shape index (κ2) is 7.77. The predicted molar refractivity (Wildman–Crippen MR) is 101 cm³/mol. The maximum atomic E-state index is 12.2. The number of carbonyl (C=O) groups is 2. The van der Waals surface area contributed by atoms with Crippen LogP contribution in [0.15, 0.2) is 66.0 Å². The standard InChI is InChI=1S/C20H18N2O2S/c1-14-11-12-25-18(14)13-21-19(23)16-7-9-17(10-8-16)22-20(24)15-5-3-2-4-6-15/h2-12H,13H2,1H3,(H,21,23)(H,22,24). The summed E-state index contributed by atoms with van der Waals surface area (Å²) in [5.74, 6) is -0.306. The Morgan fingerprint density at radius 3 is 2.20 bits per heavy atom. The van der Waals surface area contributed by atoms with Crippen LogP contribution in [0.25, 0.3) is 0 Å². The van der Waals surface area contributed by atoms with E-state index in [9.17, 15) is 9.59 Å². The maximum Gasteiger partial charge on any atom is 0.255 e. The highest BCUT2D eigenvalue weighted by Crippen LogP contribution is 2.16. The lowest BCUT2D eigenvalue weighted by Gasteiger charge is -2.07. The van der Waals surface area contributed by atoms with Gasteiger partial charge in [0.25, 0.3) is 11.8 Å². The van der Waals surface area contributed by atoms with E-state index in [0.29, 0.717) is 23.4 Å². The van der Waals surface area contributed by atoms with E-state index < -0.39 is 0 Å². The fourth-order valence-electron chi connectivity index (χ4n) is 2.35. The van der Waals surface area contributed by atoms with Gasteiger partial charge in [0.2, 0.25) is 0 Å². The Balaban J connectivity index is 1.59. The molecule has 0 aliphatic rings. The number of hydrogen-bond donors (Lipinski definition) is 2. The number of benzene rings is 2. The Hall–Kier alpha value is -2.92. The zero-order valence-corrected chi connectivity index (χ0v) is 14.6. The average molecular weight is 350 g/mol. The zero-order valence-electron chi connectivity index (χ0n) is 13.8. The van der Waals surface area contributed by atoms with Crippen LogP contribution in [-0.4, -0.2) is 11.8 Å². The summed E-state index contributed by atoms with van der Waals surface area (Å²) >= 11 is 1.63. The molecule has 4 nitrogen and oxygen atoms in total. The molecular weight excluding hydrogens is 332 g/mol. The van der Waals surface area contributed by atoms with Crippen molar-refractivity contribution in [1.29, 1.82) is 0 Å². The Labute approximate surface area is 150 Å². The molecule has 2 N–H and O–H groups in total. The molecule has 0 aliphatic carbocycles. The molecule has 2 amide bonds. The molecule has 0 saturated heterocycles. The maximum absolute atomic E-state index is 12.2. The van der Waals surface area contributed by atoms with E-state index in [1.54, 1.807) is 47.7 Å². The molecule has 3 rings (SSSR count). The fraction of sp³-hybridized carbons (Fsp3) is 0.100. The SMILES string of the molecule is Cc1ccsc1CNC(=O)c1ccc(NC(=O)c2ccccc2)cc1. The molecule has 0 saturated carbocycles. The molecule has 1 heterocycles. The monoisotopic (exact) mass is 350 g/mol. The first-order chi connectivity index (χ1) is 12.1. The van der Waals surface area contributed by atoms with Crippen molar-refractivity contribution in [2.45, 2.75) is 13.5 Å². The van der Waals surface area contributed by atoms with Gasteiger partial charge in [-0.2, -0.15) is 0 Å². The van der Waals surface area contributed by atoms with Crippen LogP contribution in [-0.2, 0) is 6.54 Å². The molecule has 0 aliphatic heterocycles. The third-order valence-corrected chi connectivity index (χ3v) is 4.84. The molecule has 0 bridgehead atoms. The first-order valence-electron chi connectivity index (χ1n) is 7.91. The van der Waals surface area contributed by atoms with Crippen molar-refractivity contribution < 1.29 is 9.59 Å². The van der Waals surface area contributed by atoms with E-state index in [1.807, 2.05) is 36.6 Å². The molecule has 0 unspecified atom stereocenters. The highest BCUT2D eigenvalue weighted by atomic mass is 32.1. The van der Waals surface area contributed by atoms with E-state index in [1.165, 1.54) is 5.56 Å². The van der Waals surface area contributed by atoms with Gasteiger partial charge >= 0.3 is 0 Å². The lowest BCUT2D eigenvalue weighted by atomic mass is 10.1. The predicted octanol–water partition coefficient (Wildman–Crippen LogP) is 4.24. The zero-order chi connectivity index (χ0) is 17.6. The first kappa shape index (κ1) is 16.9. The number of rotatable bonds is 5. The molecule has 2 aromatic carbocycles. The van der Waals surface area contributed by atoms with Crippen LogP contribution in [0.2, 0.25) is 0 Å². The van der Waals surface area contributed by atoms with Gasteiger partial charge in [-0.25, -0.2) is 0 Å². The van der Waals surface area contributed by atoms with Crippen molar-refractivity contribution in [2.75, 3.05) is 5.32 Å². The average Bonchev–Trinajstić information content (AvgIpc) is 3.06. The third kappa shape index (κ3) is 4.33. The van der Waals surface area contributed by atoms with Gasteiger partial charge in [-0.05, 0) is 60.3 Å². The van der Waals surface area contributed by atoms with Gasteiger partial charge in [0.05, 0.1) is 6.54 Å². The Morgan fingerprint density at radius 2 is 1.56 bits per heavy atom. The van der Waals surface area contributed by atoms with Crippen molar-refractivity contribution in [3.8, 4) is 0 Å². The number of thiophene rings is 1. The first-order valence-corrected chi connectivity index (χ1v) is 8.79. The smallest absolute Gasteiger partial charge is 0.255 e. The number of hydrogen-bond acceptors (Lipinski definition) is 3. The minimum atomic E-state index is -0.175. The van der Waals surface area contributed by atoms with Gasteiger partial charge in [0.1, 0.15) is 0 Å². The molecule has 5 heteroatoms. The normalized spacial score (nSPS) is 10.3. The van der Waals surface area contributed by atoms with Crippen molar-refractivity contribution in [3.63, 3.8) is 0 Å². The van der Waals surface area contributed by atoms with E-state index in [4.69, 9.17) is 0 Å². The third-order valence-electron chi connectivity index (χ3n) is 3.82. The molecule has 0 fully saturated rings. The van der Waals surface area contributed by atoms with E-state index in [0.717, 1.165) is 4.88 Å². The van der Waals surface area contributed by atoms with Gasteiger partial charge in [-0.3, -0.25) is 9.59 Å². The van der Waals surface area contributed by atoms with Crippen molar-refractivity contribution in [2.24, 2.45) is 0 Å². The quantitative estimate of drug-likeness (QED) is 0.723. The summed E-state index contributed by atoms with van der Waals surface area (Å²) in [7, 11) is 0. The lowest BCUT2D eigenvalue weighted by molar-refractivity contribution is 0.0950. The van der Waals surface area contributed by atoms with Crippen LogP contribution in [0.3, 0.4) is 0 Å². The molecule has 0 atom stereocenters. The Bertz CT molecular complexity index is 870. The fourth-order valence-corrected chi connectivity index (χ4v) is 3.19. The number of nitrogens with one attached hydrogen (secondary N) is 2. The second-order valence-electron chi connectivity index (χ2n) is 5.61. The largest absolute Gasteiger partial charge is 0.347 e. The number of carbonyl (C=O) groups excluding carboxylic acids is 2. The van der Waals surface area contributed by atoms with Gasteiger partial charge < -0.3 is 10.6 Å². The lowest BCUT2D eigenvalue weighted by Crippen LogP contribution is -2.22. The molecular formula is C20H18N2O2S. The Kier molecular flexibility index (Phi) is 5.26. The number of anilines is 1. The summed E-state index contributed by atoms with van der Waals surface area (Å²) < 4.78 is 0. The molecule has 25 heavy (non-hydrogen) atoms. The molecule has 126 valence electrons. The number of aryl methyl sites for hydroxylation is 1. The van der Waals surface area contributed by atoms with E-state index >= 15 is 0 Å². The van der Waals surface area contributed by atoms with Crippen LogP contribution in [0, 0.1) is 6.92 Å². The van der Waals surface area contributed by atoms with Gasteiger partial charge in [-0.15, -0.1) is 11.3 Å². The van der Waals surface area contributed by atoms with Gasteiger partial charge in [0, 0.05) is 21.7 Å². The molecule has 0 spiro atoms. The topological polar surface area (TPSA) is 58.2 Å². The van der Waals surface area contributed by atoms with Crippen LogP contribution >= 0.6 is 11.3 Å². The highest BCUT2D eigenvalue weighted by molar-refractivity contribution is 7.10. The summed E-state index contributed by atoms with van der Waals surface area (Å²) in [5.41, 5.74) is 2.99. The summed E-state index contributed by atoms with van der Waals surface area (Å²) in [6, 6.07) is 17.9. The van der Waals surface area contributed by atoms with Crippen molar-refractivity contribution in [3.05, 3.63) is 87.6 Å². The Morgan fingerprint density at radius 1 is 0.880 bits per heavy atom. The van der Waals surface area contributed by atoms with Crippen LogP contribution in [0.4, 0.5) is 5.69 Å². The van der Waals surface area contributed by atoms with Crippen LogP contribution < -0.4 is 10.6 Å². The molecule has 1 aromatic heterocycles. The summed E-state index contributed by atoms with van der Waals surface area (Å²) in [6.45, 7) is 2.55. The van der Waals surface area contributed by atoms with E-state index in [-0.39, 0.29) is 11.8 Å². The summed E-state index contributed by atoms with van der Waals surface area (Å²) in [6.07, 6.45) is 0. The van der Waals surface area contributed by atoms with Crippen molar-refractivity contribution >= 4 is 28.8 Å². The van der Waals surface area contributed by atoms with Gasteiger partial charge in [-0.1, -0.05) is 18.2 Å². The second-order valence-corrected chi connectivity index (χ2v) is 6.61. The van der Waals surface area contributed by atoms with E-state index in [2.05, 4.69) is 10.6 Å². The summed E-state index contributed by atoms with van der Waals surface area (Å²) in [4.78, 5) is 25.5. The highest BCUT2D eigenvalue weighted by Gasteiger charge is 2.09. The van der Waals surface area contributed by atoms with Crippen LogP contribution in [0.5, 0.6) is 0 Å².